The molecule has 2 aromatic rings. The van der Waals surface area contributed by atoms with Crippen molar-refractivity contribution in [1.82, 2.24) is 5.32 Å². The maximum Gasteiger partial charge on any atom is 0.0995 e. The third kappa shape index (κ3) is 3.39. The van der Waals surface area contributed by atoms with Crippen LogP contribution in [0, 0.1) is 3.57 Å². The highest BCUT2D eigenvalue weighted by Gasteiger charge is 2.18. The van der Waals surface area contributed by atoms with E-state index in [1.807, 2.05) is 6.07 Å². The molecule has 18 heavy (non-hydrogen) atoms. The summed E-state index contributed by atoms with van der Waals surface area (Å²) in [5, 5.41) is 3.46. The average molecular weight is 412 g/mol. The van der Waals surface area contributed by atoms with E-state index in [4.69, 9.17) is 23.2 Å². The molecular weight excluding hydrogens is 400 g/mol. The van der Waals surface area contributed by atoms with E-state index in [1.54, 1.807) is 0 Å². The van der Waals surface area contributed by atoms with Crippen LogP contribution in [0.3, 0.4) is 0 Å². The van der Waals surface area contributed by atoms with Crippen molar-refractivity contribution in [1.29, 1.82) is 0 Å². The summed E-state index contributed by atoms with van der Waals surface area (Å²) in [6.07, 6.45) is 0. The number of benzene rings is 1. The summed E-state index contributed by atoms with van der Waals surface area (Å²) in [5.74, 6) is 0. The van der Waals surface area contributed by atoms with E-state index < -0.39 is 0 Å². The second-order valence-electron chi connectivity index (χ2n) is 3.83. The molecule has 1 unspecified atom stereocenters. The maximum atomic E-state index is 6.26. The fourth-order valence-electron chi connectivity index (χ4n) is 1.85. The van der Waals surface area contributed by atoms with Crippen molar-refractivity contribution in [3.05, 3.63) is 53.7 Å². The minimum absolute atomic E-state index is 0.0981. The second-order valence-corrected chi connectivity index (χ2v) is 7.36. The number of thiophene rings is 1. The lowest BCUT2D eigenvalue weighted by molar-refractivity contribution is 0.632. The van der Waals surface area contributed by atoms with Crippen molar-refractivity contribution in [2.24, 2.45) is 0 Å². The summed E-state index contributed by atoms with van der Waals surface area (Å²) in [5.41, 5.74) is 2.26. The van der Waals surface area contributed by atoms with E-state index in [-0.39, 0.29) is 6.04 Å². The highest BCUT2D eigenvalue weighted by atomic mass is 127. The van der Waals surface area contributed by atoms with Gasteiger partial charge in [0, 0.05) is 9.13 Å². The molecule has 0 radical (unpaired) electrons. The van der Waals surface area contributed by atoms with E-state index in [9.17, 15) is 0 Å². The molecule has 0 bridgehead atoms. The third-order valence-corrected chi connectivity index (χ3v) is 4.77. The molecule has 0 saturated carbocycles. The summed E-state index contributed by atoms with van der Waals surface area (Å²) < 4.78 is 2.69. The minimum Gasteiger partial charge on any atom is -0.306 e. The molecular formula is C13H12Cl2INS. The molecule has 0 aliphatic carbocycles. The quantitative estimate of drug-likeness (QED) is 0.668. The first-order valence-corrected chi connectivity index (χ1v) is 8.20. The number of halogens is 3. The minimum atomic E-state index is 0.0981. The summed E-state index contributed by atoms with van der Waals surface area (Å²) in [7, 11) is 0. The monoisotopic (exact) mass is 411 g/mol. The summed E-state index contributed by atoms with van der Waals surface area (Å²) in [6.45, 7) is 2.96. The predicted octanol–water partition coefficient (Wildman–Crippen LogP) is 5.36. The van der Waals surface area contributed by atoms with Crippen molar-refractivity contribution in [3.63, 3.8) is 0 Å². The van der Waals surface area contributed by atoms with E-state index >= 15 is 0 Å². The van der Waals surface area contributed by atoms with Crippen LogP contribution in [0.15, 0.2) is 30.3 Å². The Hall–Kier alpha value is 0.190. The number of hydrogen-bond donors (Lipinski definition) is 1. The second kappa shape index (κ2) is 6.57. The van der Waals surface area contributed by atoms with E-state index in [0.717, 1.165) is 20.8 Å². The van der Waals surface area contributed by atoms with Crippen LogP contribution in [0.5, 0.6) is 0 Å². The normalized spacial score (nSPS) is 12.7. The van der Waals surface area contributed by atoms with Gasteiger partial charge in [-0.2, -0.15) is 0 Å². The molecule has 0 aliphatic heterocycles. The standard InChI is InChI=1S/C13H12Cl2INS/c1-2-17-12(8-4-3-5-9(16)6-8)10-7-11(14)18-13(10)15/h3-7,12,17H,2H2,1H3. The van der Waals surface area contributed by atoms with Crippen LogP contribution in [0.2, 0.25) is 8.67 Å². The molecule has 0 amide bonds. The zero-order valence-corrected chi connectivity index (χ0v) is 14.2. The molecule has 1 aromatic carbocycles. The van der Waals surface area contributed by atoms with Crippen molar-refractivity contribution in [3.8, 4) is 0 Å². The third-order valence-electron chi connectivity index (χ3n) is 2.58. The zero-order chi connectivity index (χ0) is 13.1. The van der Waals surface area contributed by atoms with E-state index in [2.05, 4.69) is 59.1 Å². The Labute approximate surface area is 135 Å². The van der Waals surface area contributed by atoms with Gasteiger partial charge in [-0.1, -0.05) is 42.3 Å². The summed E-state index contributed by atoms with van der Waals surface area (Å²) >= 11 is 16.0. The van der Waals surface area contributed by atoms with Gasteiger partial charge in [0.1, 0.15) is 0 Å². The first-order chi connectivity index (χ1) is 8.61. The average Bonchev–Trinajstić information content (AvgIpc) is 2.65. The van der Waals surface area contributed by atoms with Gasteiger partial charge in [0.25, 0.3) is 0 Å². The SMILES string of the molecule is CCNC(c1cccc(I)c1)c1cc(Cl)sc1Cl. The van der Waals surface area contributed by atoms with Crippen LogP contribution in [-0.2, 0) is 0 Å². The molecule has 2 rings (SSSR count). The van der Waals surface area contributed by atoms with Gasteiger partial charge in [0.2, 0.25) is 0 Å². The largest absolute Gasteiger partial charge is 0.306 e. The summed E-state index contributed by atoms with van der Waals surface area (Å²) in [4.78, 5) is 0. The molecule has 1 aromatic heterocycles. The Kier molecular flexibility index (Phi) is 5.33. The molecule has 0 fully saturated rings. The fourth-order valence-corrected chi connectivity index (χ4v) is 3.95. The Bertz CT molecular complexity index is 542. The molecule has 1 N–H and O–H groups in total. The van der Waals surface area contributed by atoms with Gasteiger partial charge in [-0.25, -0.2) is 0 Å². The van der Waals surface area contributed by atoms with Crippen LogP contribution >= 0.6 is 57.1 Å². The fraction of sp³-hybridized carbons (Fsp3) is 0.231. The number of rotatable bonds is 4. The zero-order valence-electron chi connectivity index (χ0n) is 9.71. The Morgan fingerprint density at radius 1 is 1.33 bits per heavy atom. The highest BCUT2D eigenvalue weighted by Crippen LogP contribution is 2.37. The van der Waals surface area contributed by atoms with Crippen molar-refractivity contribution in [2.45, 2.75) is 13.0 Å². The lowest BCUT2D eigenvalue weighted by Gasteiger charge is -2.18. The first-order valence-electron chi connectivity index (χ1n) is 5.55. The smallest absolute Gasteiger partial charge is 0.0995 e. The van der Waals surface area contributed by atoms with E-state index in [0.29, 0.717) is 0 Å². The van der Waals surface area contributed by atoms with Crippen LogP contribution < -0.4 is 5.32 Å². The number of nitrogens with one attached hydrogen (secondary N) is 1. The molecule has 1 atom stereocenters. The van der Waals surface area contributed by atoms with Gasteiger partial charge >= 0.3 is 0 Å². The molecule has 0 saturated heterocycles. The van der Waals surface area contributed by atoms with Crippen LogP contribution in [0.25, 0.3) is 0 Å². The van der Waals surface area contributed by atoms with E-state index in [1.165, 1.54) is 20.5 Å². The highest BCUT2D eigenvalue weighted by molar-refractivity contribution is 14.1. The van der Waals surface area contributed by atoms with Gasteiger partial charge in [0.15, 0.2) is 0 Å². The Balaban J connectivity index is 2.42. The lowest BCUT2D eigenvalue weighted by atomic mass is 10.0. The van der Waals surface area contributed by atoms with Gasteiger partial charge in [-0.3, -0.25) is 0 Å². The molecule has 0 spiro atoms. The van der Waals surface area contributed by atoms with Crippen molar-refractivity contribution >= 4 is 57.1 Å². The summed E-state index contributed by atoms with van der Waals surface area (Å²) in [6, 6.07) is 10.5. The molecule has 0 aliphatic rings. The van der Waals surface area contributed by atoms with Crippen LogP contribution in [0.1, 0.15) is 24.1 Å². The van der Waals surface area contributed by atoms with Crippen LogP contribution in [-0.4, -0.2) is 6.54 Å². The van der Waals surface area contributed by atoms with Gasteiger partial charge in [-0.05, 0) is 52.9 Å². The molecule has 96 valence electrons. The lowest BCUT2D eigenvalue weighted by Crippen LogP contribution is -2.21. The van der Waals surface area contributed by atoms with Gasteiger partial charge in [0.05, 0.1) is 14.7 Å². The topological polar surface area (TPSA) is 12.0 Å². The molecule has 1 nitrogen and oxygen atoms in total. The van der Waals surface area contributed by atoms with Crippen LogP contribution in [0.4, 0.5) is 0 Å². The Morgan fingerprint density at radius 3 is 2.67 bits per heavy atom. The van der Waals surface area contributed by atoms with Crippen molar-refractivity contribution in [2.75, 3.05) is 6.54 Å². The number of hydrogen-bond acceptors (Lipinski definition) is 2. The first kappa shape index (κ1) is 14.6. The molecule has 1 heterocycles. The van der Waals surface area contributed by atoms with Gasteiger partial charge in [-0.15, -0.1) is 11.3 Å². The van der Waals surface area contributed by atoms with Gasteiger partial charge < -0.3 is 5.32 Å². The Morgan fingerprint density at radius 2 is 2.11 bits per heavy atom. The maximum absolute atomic E-state index is 6.26. The van der Waals surface area contributed by atoms with Crippen molar-refractivity contribution < 1.29 is 0 Å². The molecule has 5 heteroatoms. The predicted molar refractivity (Wildman–Crippen MR) is 89.0 cm³/mol.